The molecule has 4 rings (SSSR count). The average molecular weight is 427 g/mol. The lowest BCUT2D eigenvalue weighted by atomic mass is 10.2. The number of benzene rings is 1. The standard InChI is InChI=1S/C17H20F2N5O4P/c1-27-29(26)6-4-22(5-7-29)16-14(18)8-12(9-15(16)19)24-11-13(28-17(24)25)10-23-3-2-20-21-23/h2-3,8-9,13H,4-7,10-11H2,1H3/t13-/m0/s1. The van der Waals surface area contributed by atoms with Crippen molar-refractivity contribution in [3.63, 3.8) is 0 Å². The van der Waals surface area contributed by atoms with Crippen LogP contribution >= 0.6 is 7.37 Å². The number of rotatable bonds is 5. The Kier molecular flexibility index (Phi) is 5.26. The first kappa shape index (κ1) is 19.8. The van der Waals surface area contributed by atoms with E-state index < -0.39 is 31.2 Å². The number of hydrogen-bond acceptors (Lipinski definition) is 7. The molecule has 0 bridgehead atoms. The maximum atomic E-state index is 14.8. The number of hydrogen-bond donors (Lipinski definition) is 0. The summed E-state index contributed by atoms with van der Waals surface area (Å²) >= 11 is 0. The van der Waals surface area contributed by atoms with E-state index in [1.807, 2.05) is 0 Å². The molecule has 3 heterocycles. The molecule has 2 saturated heterocycles. The minimum absolute atomic E-state index is 0.0782. The highest BCUT2D eigenvalue weighted by Gasteiger charge is 2.35. The summed E-state index contributed by atoms with van der Waals surface area (Å²) in [5, 5.41) is 7.49. The molecule has 9 nitrogen and oxygen atoms in total. The van der Waals surface area contributed by atoms with Crippen LogP contribution in [-0.2, 0) is 20.4 Å². The Morgan fingerprint density at radius 2 is 1.97 bits per heavy atom. The summed E-state index contributed by atoms with van der Waals surface area (Å²) in [4.78, 5) is 14.9. The lowest BCUT2D eigenvalue weighted by Crippen LogP contribution is -2.36. The molecule has 0 unspecified atom stereocenters. The molecule has 2 aromatic rings. The Bertz CT molecular complexity index is 922. The molecule has 1 aromatic heterocycles. The molecule has 0 N–H and O–H groups in total. The molecule has 1 amide bonds. The van der Waals surface area contributed by atoms with Crippen LogP contribution < -0.4 is 9.80 Å². The van der Waals surface area contributed by atoms with Gasteiger partial charge >= 0.3 is 6.09 Å². The zero-order valence-electron chi connectivity index (χ0n) is 15.7. The molecule has 0 aliphatic carbocycles. The van der Waals surface area contributed by atoms with Gasteiger partial charge in [-0.05, 0) is 0 Å². The highest BCUT2D eigenvalue weighted by Crippen LogP contribution is 2.48. The van der Waals surface area contributed by atoms with Gasteiger partial charge in [-0.1, -0.05) is 5.21 Å². The van der Waals surface area contributed by atoms with Crippen molar-refractivity contribution >= 4 is 24.8 Å². The molecule has 2 aliphatic rings. The minimum atomic E-state index is -2.72. The van der Waals surface area contributed by atoms with Crippen molar-refractivity contribution in [3.8, 4) is 0 Å². The van der Waals surface area contributed by atoms with Crippen molar-refractivity contribution in [1.82, 2.24) is 15.0 Å². The van der Waals surface area contributed by atoms with E-state index in [0.717, 1.165) is 12.1 Å². The van der Waals surface area contributed by atoms with Gasteiger partial charge in [-0.2, -0.15) is 0 Å². The van der Waals surface area contributed by atoms with Gasteiger partial charge in [0.25, 0.3) is 0 Å². The predicted molar refractivity (Wildman–Crippen MR) is 101 cm³/mol. The number of cyclic esters (lactones) is 1. The third-order valence-electron chi connectivity index (χ3n) is 5.12. The zero-order valence-corrected chi connectivity index (χ0v) is 16.6. The Morgan fingerprint density at radius 3 is 2.55 bits per heavy atom. The molecule has 1 aromatic carbocycles. The van der Waals surface area contributed by atoms with E-state index in [9.17, 15) is 18.1 Å². The molecule has 156 valence electrons. The van der Waals surface area contributed by atoms with Crippen molar-refractivity contribution in [2.45, 2.75) is 12.6 Å². The second-order valence-corrected chi connectivity index (χ2v) is 9.82. The predicted octanol–water partition coefficient (Wildman–Crippen LogP) is 2.33. The first-order valence-corrected chi connectivity index (χ1v) is 11.1. The third-order valence-corrected chi connectivity index (χ3v) is 7.55. The second kappa shape index (κ2) is 7.72. The summed E-state index contributed by atoms with van der Waals surface area (Å²) in [6, 6.07) is 2.23. The van der Waals surface area contributed by atoms with Gasteiger partial charge in [0.15, 0.2) is 11.6 Å². The average Bonchev–Trinajstić information content (AvgIpc) is 3.32. The first-order valence-electron chi connectivity index (χ1n) is 9.08. The Balaban J connectivity index is 1.50. The summed E-state index contributed by atoms with van der Waals surface area (Å²) in [6.45, 7) is 0.879. The van der Waals surface area contributed by atoms with E-state index in [4.69, 9.17) is 9.26 Å². The zero-order chi connectivity index (χ0) is 20.6. The summed E-state index contributed by atoms with van der Waals surface area (Å²) in [5.74, 6) is -1.58. The van der Waals surface area contributed by atoms with Gasteiger partial charge in [0.05, 0.1) is 25.0 Å². The molecule has 1 atom stereocenters. The van der Waals surface area contributed by atoms with Crippen molar-refractivity contribution < 1.29 is 27.4 Å². The fraction of sp³-hybridized carbons (Fsp3) is 0.471. The van der Waals surface area contributed by atoms with Crippen molar-refractivity contribution in [2.24, 2.45) is 0 Å². The van der Waals surface area contributed by atoms with Crippen LogP contribution in [-0.4, -0.2) is 66.3 Å². The topological polar surface area (TPSA) is 89.8 Å². The highest BCUT2D eigenvalue weighted by atomic mass is 31.2. The van der Waals surface area contributed by atoms with Gasteiger partial charge in [-0.3, -0.25) is 9.46 Å². The number of anilines is 2. The van der Waals surface area contributed by atoms with Crippen LogP contribution in [0.2, 0.25) is 0 Å². The van der Waals surface area contributed by atoms with Crippen molar-refractivity contribution in [3.05, 3.63) is 36.2 Å². The number of amides is 1. The minimum Gasteiger partial charge on any atom is -0.442 e. The Hall–Kier alpha value is -2.52. The van der Waals surface area contributed by atoms with Crippen molar-refractivity contribution in [1.29, 1.82) is 0 Å². The van der Waals surface area contributed by atoms with Gasteiger partial charge in [0, 0.05) is 50.9 Å². The van der Waals surface area contributed by atoms with E-state index in [1.54, 1.807) is 6.20 Å². The van der Waals surface area contributed by atoms with E-state index in [1.165, 1.54) is 27.8 Å². The Morgan fingerprint density at radius 1 is 1.28 bits per heavy atom. The SMILES string of the molecule is COP1(=O)CCN(c2c(F)cc(N3C[C@H](Cn4ccnn4)OC3=O)cc2F)CC1. The molecule has 29 heavy (non-hydrogen) atoms. The van der Waals surface area contributed by atoms with Gasteiger partial charge in [-0.15, -0.1) is 5.10 Å². The fourth-order valence-electron chi connectivity index (χ4n) is 3.55. The number of carbonyl (C=O) groups excluding carboxylic acids is 1. The molecule has 2 fully saturated rings. The quantitative estimate of drug-likeness (QED) is 0.677. The van der Waals surface area contributed by atoms with Gasteiger partial charge < -0.3 is 14.2 Å². The second-order valence-electron chi connectivity index (χ2n) is 6.93. The Labute approximate surface area is 165 Å². The monoisotopic (exact) mass is 427 g/mol. The molecule has 0 radical (unpaired) electrons. The summed E-state index contributed by atoms with van der Waals surface area (Å²) in [7, 11) is -1.33. The number of ether oxygens (including phenoxy) is 1. The summed E-state index contributed by atoms with van der Waals surface area (Å²) < 4.78 is 53.6. The summed E-state index contributed by atoms with van der Waals surface area (Å²) in [6.07, 6.45) is 2.40. The lowest BCUT2D eigenvalue weighted by molar-refractivity contribution is 0.129. The van der Waals surface area contributed by atoms with Crippen LogP contribution in [0.4, 0.5) is 25.0 Å². The highest BCUT2D eigenvalue weighted by molar-refractivity contribution is 7.59. The number of halogens is 2. The van der Waals surface area contributed by atoms with E-state index in [2.05, 4.69) is 10.3 Å². The van der Waals surface area contributed by atoms with Gasteiger partial charge in [0.2, 0.25) is 7.37 Å². The van der Waals surface area contributed by atoms with Crippen LogP contribution in [0.15, 0.2) is 24.5 Å². The maximum absolute atomic E-state index is 14.8. The number of nitrogens with zero attached hydrogens (tertiary/aromatic N) is 5. The number of aromatic nitrogens is 3. The van der Waals surface area contributed by atoms with E-state index in [-0.39, 0.29) is 43.3 Å². The van der Waals surface area contributed by atoms with Crippen LogP contribution in [0, 0.1) is 11.6 Å². The first-order chi connectivity index (χ1) is 13.9. The maximum Gasteiger partial charge on any atom is 0.414 e. The van der Waals surface area contributed by atoms with Crippen molar-refractivity contribution in [2.75, 3.05) is 48.9 Å². The third kappa shape index (κ3) is 3.97. The molecular formula is C17H20F2N5O4P. The molecular weight excluding hydrogens is 407 g/mol. The normalized spacial score (nSPS) is 21.5. The molecule has 12 heteroatoms. The van der Waals surface area contributed by atoms with Crippen LogP contribution in [0.5, 0.6) is 0 Å². The van der Waals surface area contributed by atoms with E-state index >= 15 is 0 Å². The molecule has 0 saturated carbocycles. The van der Waals surface area contributed by atoms with Crippen LogP contribution in [0.25, 0.3) is 0 Å². The smallest absolute Gasteiger partial charge is 0.414 e. The molecule has 0 spiro atoms. The number of carbonyl (C=O) groups is 1. The summed E-state index contributed by atoms with van der Waals surface area (Å²) in [5.41, 5.74) is -0.114. The van der Waals surface area contributed by atoms with E-state index in [0.29, 0.717) is 6.54 Å². The molecule has 2 aliphatic heterocycles. The van der Waals surface area contributed by atoms with Crippen LogP contribution in [0.3, 0.4) is 0 Å². The van der Waals surface area contributed by atoms with Gasteiger partial charge in [0.1, 0.15) is 11.8 Å². The fourth-order valence-corrected chi connectivity index (χ4v) is 5.23. The largest absolute Gasteiger partial charge is 0.442 e. The van der Waals surface area contributed by atoms with Crippen LogP contribution in [0.1, 0.15) is 0 Å². The van der Waals surface area contributed by atoms with Gasteiger partial charge in [-0.25, -0.2) is 18.3 Å². The lowest BCUT2D eigenvalue weighted by Gasteiger charge is -2.33.